The second-order valence-corrected chi connectivity index (χ2v) is 5.44. The predicted molar refractivity (Wildman–Crippen MR) is 82.2 cm³/mol. The van der Waals surface area contributed by atoms with Crippen LogP contribution >= 0.6 is 0 Å². The van der Waals surface area contributed by atoms with Gasteiger partial charge in [0.2, 0.25) is 0 Å². The maximum absolute atomic E-state index is 14.2. The van der Waals surface area contributed by atoms with Gasteiger partial charge in [-0.3, -0.25) is 0 Å². The van der Waals surface area contributed by atoms with E-state index in [4.69, 9.17) is 0 Å². The summed E-state index contributed by atoms with van der Waals surface area (Å²) in [5.74, 6) is -1.62. The summed E-state index contributed by atoms with van der Waals surface area (Å²) in [6.45, 7) is 3.86. The van der Waals surface area contributed by atoms with Gasteiger partial charge in [-0.05, 0) is 47.9 Å². The predicted octanol–water partition coefficient (Wildman–Crippen LogP) is 5.06. The van der Waals surface area contributed by atoms with E-state index < -0.39 is 11.6 Å². The molecule has 0 fully saturated rings. The second kappa shape index (κ2) is 6.77. The van der Waals surface area contributed by atoms with E-state index in [1.807, 2.05) is 13.8 Å². The lowest BCUT2D eigenvalue weighted by molar-refractivity contribution is 0.443. The van der Waals surface area contributed by atoms with Gasteiger partial charge in [-0.1, -0.05) is 26.0 Å². The van der Waals surface area contributed by atoms with Crippen LogP contribution in [0.3, 0.4) is 0 Å². The molecule has 2 aromatic carbocycles. The van der Waals surface area contributed by atoms with Crippen LogP contribution in [-0.4, -0.2) is 10.2 Å². The summed E-state index contributed by atoms with van der Waals surface area (Å²) < 4.78 is 28.3. The minimum atomic E-state index is -0.482. The van der Waals surface area contributed by atoms with Crippen LogP contribution in [0, 0.1) is 11.6 Å². The largest absolute Gasteiger partial charge is 0.508 e. The van der Waals surface area contributed by atoms with E-state index in [-0.39, 0.29) is 23.3 Å². The Hall–Kier alpha value is -2.10. The van der Waals surface area contributed by atoms with Crippen molar-refractivity contribution < 1.29 is 19.0 Å². The van der Waals surface area contributed by atoms with Gasteiger partial charge in [0.15, 0.2) is 0 Å². The Morgan fingerprint density at radius 3 is 1.41 bits per heavy atom. The van der Waals surface area contributed by atoms with Gasteiger partial charge in [-0.15, -0.1) is 0 Å². The van der Waals surface area contributed by atoms with Crippen LogP contribution in [-0.2, 0) is 0 Å². The molecule has 0 heterocycles. The lowest BCUT2D eigenvalue weighted by atomic mass is 9.78. The van der Waals surface area contributed by atoms with E-state index in [9.17, 15) is 19.0 Å². The quantitative estimate of drug-likeness (QED) is 0.810. The lowest BCUT2D eigenvalue weighted by Crippen LogP contribution is -2.13. The Balaban J connectivity index is 2.46. The molecule has 22 heavy (non-hydrogen) atoms. The Labute approximate surface area is 129 Å². The fourth-order valence-corrected chi connectivity index (χ4v) is 3.08. The third kappa shape index (κ3) is 3.21. The Morgan fingerprint density at radius 1 is 0.773 bits per heavy atom. The standard InChI is InChI=1S/C18H20F2O2/c1-3-13(15-7-5-11(21)9-17(15)19)14(4-2)16-8-6-12(22)10-18(16)20/h5-10,13-14,21-22H,3-4H2,1-2H3. The van der Waals surface area contributed by atoms with Crippen LogP contribution in [0.15, 0.2) is 36.4 Å². The molecule has 118 valence electrons. The minimum Gasteiger partial charge on any atom is -0.508 e. The van der Waals surface area contributed by atoms with Crippen molar-refractivity contribution in [1.29, 1.82) is 0 Å². The molecule has 0 amide bonds. The third-order valence-electron chi connectivity index (χ3n) is 4.13. The molecule has 0 bridgehead atoms. The smallest absolute Gasteiger partial charge is 0.130 e. The second-order valence-electron chi connectivity index (χ2n) is 5.44. The molecular weight excluding hydrogens is 286 g/mol. The van der Waals surface area contributed by atoms with E-state index in [1.54, 1.807) is 12.1 Å². The first kappa shape index (κ1) is 16.3. The van der Waals surface area contributed by atoms with E-state index in [0.29, 0.717) is 24.0 Å². The summed E-state index contributed by atoms with van der Waals surface area (Å²) in [6.07, 6.45) is 1.28. The molecule has 2 atom stereocenters. The number of halogens is 2. The van der Waals surface area contributed by atoms with Crippen LogP contribution in [0.4, 0.5) is 8.78 Å². The van der Waals surface area contributed by atoms with Crippen LogP contribution < -0.4 is 0 Å². The Morgan fingerprint density at radius 2 is 1.14 bits per heavy atom. The van der Waals surface area contributed by atoms with Crippen molar-refractivity contribution in [2.75, 3.05) is 0 Å². The zero-order valence-corrected chi connectivity index (χ0v) is 12.7. The number of phenolic OH excluding ortho intramolecular Hbond substituents is 2. The molecular formula is C18H20F2O2. The molecule has 2 nitrogen and oxygen atoms in total. The van der Waals surface area contributed by atoms with E-state index in [0.717, 1.165) is 12.1 Å². The van der Waals surface area contributed by atoms with Crippen LogP contribution in [0.25, 0.3) is 0 Å². The van der Waals surface area contributed by atoms with Gasteiger partial charge in [-0.25, -0.2) is 8.78 Å². The van der Waals surface area contributed by atoms with Crippen molar-refractivity contribution in [3.63, 3.8) is 0 Å². The van der Waals surface area contributed by atoms with Crippen LogP contribution in [0.5, 0.6) is 11.5 Å². The Kier molecular flexibility index (Phi) is 5.01. The topological polar surface area (TPSA) is 40.5 Å². The lowest BCUT2D eigenvalue weighted by Gasteiger charge is -2.27. The zero-order chi connectivity index (χ0) is 16.3. The number of hydrogen-bond acceptors (Lipinski definition) is 2. The van der Waals surface area contributed by atoms with E-state index in [2.05, 4.69) is 0 Å². The van der Waals surface area contributed by atoms with Crippen LogP contribution in [0.1, 0.15) is 49.7 Å². The first-order chi connectivity index (χ1) is 10.5. The summed E-state index contributed by atoms with van der Waals surface area (Å²) in [5, 5.41) is 18.7. The molecule has 2 aromatic rings. The van der Waals surface area contributed by atoms with Gasteiger partial charge < -0.3 is 10.2 Å². The summed E-state index contributed by atoms with van der Waals surface area (Å²) in [6, 6.07) is 8.16. The normalized spacial score (nSPS) is 13.8. The SMILES string of the molecule is CCC(c1ccc(O)cc1F)C(CC)c1ccc(O)cc1F. The molecule has 0 aromatic heterocycles. The molecule has 0 aliphatic heterocycles. The molecule has 0 aliphatic carbocycles. The van der Waals surface area contributed by atoms with Crippen molar-refractivity contribution in [3.8, 4) is 11.5 Å². The fraction of sp³-hybridized carbons (Fsp3) is 0.333. The molecule has 0 spiro atoms. The third-order valence-corrected chi connectivity index (χ3v) is 4.13. The van der Waals surface area contributed by atoms with Gasteiger partial charge in [0.1, 0.15) is 23.1 Å². The van der Waals surface area contributed by atoms with Crippen molar-refractivity contribution in [2.24, 2.45) is 0 Å². The van der Waals surface area contributed by atoms with Crippen LogP contribution in [0.2, 0.25) is 0 Å². The summed E-state index contributed by atoms with van der Waals surface area (Å²) in [5.41, 5.74) is 0.944. The summed E-state index contributed by atoms with van der Waals surface area (Å²) >= 11 is 0. The summed E-state index contributed by atoms with van der Waals surface area (Å²) in [7, 11) is 0. The highest BCUT2D eigenvalue weighted by molar-refractivity contribution is 5.36. The number of phenols is 2. The van der Waals surface area contributed by atoms with Crippen molar-refractivity contribution in [1.82, 2.24) is 0 Å². The first-order valence-electron chi connectivity index (χ1n) is 7.44. The molecule has 2 unspecified atom stereocenters. The minimum absolute atomic E-state index is 0.125. The summed E-state index contributed by atoms with van der Waals surface area (Å²) in [4.78, 5) is 0. The van der Waals surface area contributed by atoms with Crippen molar-refractivity contribution >= 4 is 0 Å². The van der Waals surface area contributed by atoms with Gasteiger partial charge in [0.05, 0.1) is 0 Å². The van der Waals surface area contributed by atoms with Crippen molar-refractivity contribution in [3.05, 3.63) is 59.2 Å². The monoisotopic (exact) mass is 306 g/mol. The number of aromatic hydroxyl groups is 2. The molecule has 2 rings (SSSR count). The van der Waals surface area contributed by atoms with E-state index in [1.165, 1.54) is 12.1 Å². The highest BCUT2D eigenvalue weighted by Crippen LogP contribution is 2.40. The molecule has 2 N–H and O–H groups in total. The maximum atomic E-state index is 14.2. The average molecular weight is 306 g/mol. The Bertz CT molecular complexity index is 598. The molecule has 0 aliphatic rings. The average Bonchev–Trinajstić information content (AvgIpc) is 2.47. The molecule has 0 saturated carbocycles. The number of rotatable bonds is 5. The fourth-order valence-electron chi connectivity index (χ4n) is 3.08. The van der Waals surface area contributed by atoms with Gasteiger partial charge in [0, 0.05) is 12.1 Å². The molecule has 4 heteroatoms. The number of benzene rings is 2. The van der Waals surface area contributed by atoms with Gasteiger partial charge in [0.25, 0.3) is 0 Å². The molecule has 0 saturated heterocycles. The number of hydrogen-bond donors (Lipinski definition) is 2. The van der Waals surface area contributed by atoms with E-state index >= 15 is 0 Å². The highest BCUT2D eigenvalue weighted by atomic mass is 19.1. The molecule has 0 radical (unpaired) electrons. The van der Waals surface area contributed by atoms with Crippen molar-refractivity contribution in [2.45, 2.75) is 38.5 Å². The van der Waals surface area contributed by atoms with Gasteiger partial charge in [-0.2, -0.15) is 0 Å². The van der Waals surface area contributed by atoms with Gasteiger partial charge >= 0.3 is 0 Å². The first-order valence-corrected chi connectivity index (χ1v) is 7.44. The highest BCUT2D eigenvalue weighted by Gasteiger charge is 2.26. The zero-order valence-electron chi connectivity index (χ0n) is 12.7. The maximum Gasteiger partial charge on any atom is 0.130 e.